The van der Waals surface area contributed by atoms with Crippen molar-refractivity contribution in [2.45, 2.75) is 12.1 Å². The molecule has 2 N–H and O–H groups in total. The van der Waals surface area contributed by atoms with Gasteiger partial charge in [-0.3, -0.25) is 0 Å². The van der Waals surface area contributed by atoms with E-state index in [1.54, 1.807) is 7.11 Å². The predicted molar refractivity (Wildman–Crippen MR) is 56.2 cm³/mol. The van der Waals surface area contributed by atoms with Crippen LogP contribution in [-0.2, 0) is 4.74 Å². The fourth-order valence-corrected chi connectivity index (χ4v) is 1.55. The zero-order valence-electron chi connectivity index (χ0n) is 8.68. The van der Waals surface area contributed by atoms with E-state index >= 15 is 0 Å². The van der Waals surface area contributed by atoms with Crippen LogP contribution in [0.5, 0.6) is 11.5 Å². The molecule has 82 valence electrons. The first kappa shape index (κ1) is 10.3. The lowest BCUT2D eigenvalue weighted by atomic mass is 10.2. The molecule has 0 aliphatic carbocycles. The van der Waals surface area contributed by atoms with Crippen molar-refractivity contribution in [3.63, 3.8) is 0 Å². The fourth-order valence-electron chi connectivity index (χ4n) is 1.55. The molecule has 0 radical (unpaired) electrons. The largest absolute Gasteiger partial charge is 0.493 e. The molecule has 1 saturated heterocycles. The Bertz CT molecular complexity index is 329. The molecule has 2 unspecified atom stereocenters. The van der Waals surface area contributed by atoms with Crippen molar-refractivity contribution >= 4 is 0 Å². The van der Waals surface area contributed by atoms with Crippen LogP contribution in [0.4, 0.5) is 0 Å². The van der Waals surface area contributed by atoms with E-state index in [-0.39, 0.29) is 12.1 Å². The Morgan fingerprint density at radius 3 is 2.60 bits per heavy atom. The summed E-state index contributed by atoms with van der Waals surface area (Å²) in [6.07, 6.45) is -0.0821. The van der Waals surface area contributed by atoms with Gasteiger partial charge in [-0.1, -0.05) is 12.1 Å². The summed E-state index contributed by atoms with van der Waals surface area (Å²) in [5.74, 6) is 1.43. The minimum Gasteiger partial charge on any atom is -0.493 e. The molecule has 1 fully saturated rings. The van der Waals surface area contributed by atoms with E-state index in [9.17, 15) is 0 Å². The second-order valence-electron chi connectivity index (χ2n) is 3.51. The SMILES string of the molecule is COc1ccccc1OC1COCC1N. The summed E-state index contributed by atoms with van der Waals surface area (Å²) in [6, 6.07) is 7.46. The van der Waals surface area contributed by atoms with Crippen LogP contribution in [0.15, 0.2) is 24.3 Å². The predicted octanol–water partition coefficient (Wildman–Crippen LogP) is 0.800. The van der Waals surface area contributed by atoms with Gasteiger partial charge in [0.25, 0.3) is 0 Å². The molecule has 2 atom stereocenters. The summed E-state index contributed by atoms with van der Waals surface area (Å²) in [5, 5.41) is 0. The normalized spacial score (nSPS) is 25.2. The Labute approximate surface area is 88.9 Å². The molecule has 1 heterocycles. The van der Waals surface area contributed by atoms with Gasteiger partial charge in [0, 0.05) is 0 Å². The average Bonchev–Trinajstić information content (AvgIpc) is 2.65. The highest BCUT2D eigenvalue weighted by Gasteiger charge is 2.27. The summed E-state index contributed by atoms with van der Waals surface area (Å²) in [5.41, 5.74) is 5.83. The fraction of sp³-hybridized carbons (Fsp3) is 0.455. The first-order valence-electron chi connectivity index (χ1n) is 4.94. The average molecular weight is 209 g/mol. The number of ether oxygens (including phenoxy) is 3. The summed E-state index contributed by atoms with van der Waals surface area (Å²) in [4.78, 5) is 0. The number of rotatable bonds is 3. The van der Waals surface area contributed by atoms with Crippen molar-refractivity contribution in [3.8, 4) is 11.5 Å². The highest BCUT2D eigenvalue weighted by atomic mass is 16.6. The number of hydrogen-bond acceptors (Lipinski definition) is 4. The lowest BCUT2D eigenvalue weighted by Crippen LogP contribution is -2.37. The molecular formula is C11H15NO3. The maximum atomic E-state index is 5.83. The third-order valence-electron chi connectivity index (χ3n) is 2.42. The maximum Gasteiger partial charge on any atom is 0.161 e. The number of benzene rings is 1. The van der Waals surface area contributed by atoms with Crippen molar-refractivity contribution in [1.82, 2.24) is 0 Å². The highest BCUT2D eigenvalue weighted by Crippen LogP contribution is 2.27. The van der Waals surface area contributed by atoms with Gasteiger partial charge >= 0.3 is 0 Å². The van der Waals surface area contributed by atoms with Crippen LogP contribution in [0.1, 0.15) is 0 Å². The molecule has 1 aliphatic rings. The summed E-state index contributed by atoms with van der Waals surface area (Å²) >= 11 is 0. The van der Waals surface area contributed by atoms with Gasteiger partial charge in [0.05, 0.1) is 26.4 Å². The van der Waals surface area contributed by atoms with E-state index in [4.69, 9.17) is 19.9 Å². The van der Waals surface area contributed by atoms with Gasteiger partial charge < -0.3 is 19.9 Å². The first-order chi connectivity index (χ1) is 7.31. The molecule has 1 aromatic rings. The lowest BCUT2D eigenvalue weighted by Gasteiger charge is -2.17. The molecule has 15 heavy (non-hydrogen) atoms. The minimum atomic E-state index is -0.0821. The molecule has 0 spiro atoms. The molecule has 0 amide bonds. The smallest absolute Gasteiger partial charge is 0.161 e. The van der Waals surface area contributed by atoms with Crippen molar-refractivity contribution in [2.75, 3.05) is 20.3 Å². The van der Waals surface area contributed by atoms with Gasteiger partial charge in [-0.2, -0.15) is 0 Å². The zero-order valence-corrected chi connectivity index (χ0v) is 8.68. The minimum absolute atomic E-state index is 0.0603. The van der Waals surface area contributed by atoms with Gasteiger partial charge in [-0.05, 0) is 12.1 Å². The van der Waals surface area contributed by atoms with Crippen LogP contribution in [0, 0.1) is 0 Å². The number of methoxy groups -OCH3 is 1. The van der Waals surface area contributed by atoms with Gasteiger partial charge in [0.2, 0.25) is 0 Å². The number of para-hydroxylation sites is 2. The molecule has 4 nitrogen and oxygen atoms in total. The molecule has 4 heteroatoms. The molecule has 1 aromatic carbocycles. The van der Waals surface area contributed by atoms with Gasteiger partial charge in [0.15, 0.2) is 11.5 Å². The first-order valence-corrected chi connectivity index (χ1v) is 4.94. The Morgan fingerprint density at radius 2 is 2.00 bits per heavy atom. The van der Waals surface area contributed by atoms with E-state index in [2.05, 4.69) is 0 Å². The van der Waals surface area contributed by atoms with Crippen molar-refractivity contribution in [3.05, 3.63) is 24.3 Å². The Morgan fingerprint density at radius 1 is 1.27 bits per heavy atom. The van der Waals surface area contributed by atoms with Crippen molar-refractivity contribution < 1.29 is 14.2 Å². The molecule has 1 aliphatic heterocycles. The quantitative estimate of drug-likeness (QED) is 0.800. The van der Waals surface area contributed by atoms with Gasteiger partial charge in [-0.15, -0.1) is 0 Å². The Kier molecular flexibility index (Phi) is 3.08. The molecular weight excluding hydrogens is 194 g/mol. The van der Waals surface area contributed by atoms with Crippen LogP contribution in [0.2, 0.25) is 0 Å². The van der Waals surface area contributed by atoms with E-state index in [0.29, 0.717) is 19.0 Å². The number of nitrogens with two attached hydrogens (primary N) is 1. The standard InChI is InChI=1S/C11H15NO3/c1-13-9-4-2-3-5-10(9)15-11-7-14-6-8(11)12/h2-5,8,11H,6-7,12H2,1H3. The summed E-state index contributed by atoms with van der Waals surface area (Å²) < 4.78 is 16.1. The van der Waals surface area contributed by atoms with Crippen LogP contribution >= 0.6 is 0 Å². The summed E-state index contributed by atoms with van der Waals surface area (Å²) in [7, 11) is 1.62. The molecule has 0 saturated carbocycles. The second-order valence-corrected chi connectivity index (χ2v) is 3.51. The van der Waals surface area contributed by atoms with Gasteiger partial charge in [0.1, 0.15) is 6.10 Å². The van der Waals surface area contributed by atoms with Crippen LogP contribution in [-0.4, -0.2) is 32.5 Å². The van der Waals surface area contributed by atoms with Crippen LogP contribution in [0.25, 0.3) is 0 Å². The van der Waals surface area contributed by atoms with Gasteiger partial charge in [-0.25, -0.2) is 0 Å². The molecule has 0 bridgehead atoms. The Hall–Kier alpha value is -1.26. The van der Waals surface area contributed by atoms with Crippen LogP contribution < -0.4 is 15.2 Å². The third kappa shape index (κ3) is 2.22. The topological polar surface area (TPSA) is 53.7 Å². The van der Waals surface area contributed by atoms with E-state index in [1.165, 1.54) is 0 Å². The third-order valence-corrected chi connectivity index (χ3v) is 2.42. The van der Waals surface area contributed by atoms with Crippen LogP contribution in [0.3, 0.4) is 0 Å². The Balaban J connectivity index is 2.09. The maximum absolute atomic E-state index is 5.83. The van der Waals surface area contributed by atoms with Crippen molar-refractivity contribution in [1.29, 1.82) is 0 Å². The molecule has 0 aromatic heterocycles. The van der Waals surface area contributed by atoms with E-state index < -0.39 is 0 Å². The second kappa shape index (κ2) is 4.51. The van der Waals surface area contributed by atoms with E-state index in [1.807, 2.05) is 24.3 Å². The van der Waals surface area contributed by atoms with E-state index in [0.717, 1.165) is 5.75 Å². The zero-order chi connectivity index (χ0) is 10.7. The lowest BCUT2D eigenvalue weighted by molar-refractivity contribution is 0.137. The highest BCUT2D eigenvalue weighted by molar-refractivity contribution is 5.39. The number of hydrogen-bond donors (Lipinski definition) is 1. The summed E-state index contributed by atoms with van der Waals surface area (Å²) in [6.45, 7) is 1.10. The molecule has 2 rings (SSSR count). The van der Waals surface area contributed by atoms with Crippen molar-refractivity contribution in [2.24, 2.45) is 5.73 Å². The monoisotopic (exact) mass is 209 g/mol.